The Hall–Kier alpha value is -0.680. The second-order valence-corrected chi connectivity index (χ2v) is 7.56. The van der Waals surface area contributed by atoms with Crippen LogP contribution in [0.25, 0.3) is 0 Å². The van der Waals surface area contributed by atoms with E-state index in [0.717, 1.165) is 21.5 Å². The smallest absolute Gasteiger partial charge is 0.0990 e. The van der Waals surface area contributed by atoms with Crippen molar-refractivity contribution in [2.45, 2.75) is 24.4 Å². The third kappa shape index (κ3) is 2.07. The fourth-order valence-corrected chi connectivity index (χ4v) is 4.60. The van der Waals surface area contributed by atoms with Gasteiger partial charge in [0.25, 0.3) is 0 Å². The lowest BCUT2D eigenvalue weighted by Crippen LogP contribution is -2.38. The highest BCUT2D eigenvalue weighted by Crippen LogP contribution is 2.48. The molecule has 0 saturated heterocycles. The van der Waals surface area contributed by atoms with Crippen LogP contribution >= 0.6 is 27.3 Å². The largest absolute Gasteiger partial charge is 0.387 e. The molecule has 3 N–H and O–H groups in total. The molecule has 0 spiro atoms. The monoisotopic (exact) mass is 337 g/mol. The predicted octanol–water partition coefficient (Wildman–Crippen LogP) is 3.39. The minimum Gasteiger partial charge on any atom is -0.387 e. The molecule has 2 aromatic rings. The van der Waals surface area contributed by atoms with Crippen LogP contribution in [-0.4, -0.2) is 11.7 Å². The number of benzene rings is 1. The summed E-state index contributed by atoms with van der Waals surface area (Å²) in [5, 5.41) is 10.8. The molecule has 2 unspecified atom stereocenters. The van der Waals surface area contributed by atoms with E-state index in [1.807, 2.05) is 18.2 Å². The third-order valence-electron chi connectivity index (χ3n) is 4.15. The van der Waals surface area contributed by atoms with Crippen molar-refractivity contribution in [3.8, 4) is 0 Å². The maximum atomic E-state index is 10.8. The van der Waals surface area contributed by atoms with Crippen molar-refractivity contribution in [2.75, 3.05) is 6.54 Å². The molecule has 1 aliphatic rings. The molecule has 0 amide bonds. The first-order valence-electron chi connectivity index (χ1n) is 6.39. The Morgan fingerprint density at radius 2 is 2.11 bits per heavy atom. The molecule has 1 heterocycles. The molecule has 0 fully saturated rings. The van der Waals surface area contributed by atoms with Gasteiger partial charge >= 0.3 is 0 Å². The van der Waals surface area contributed by atoms with Crippen molar-refractivity contribution >= 4 is 27.3 Å². The van der Waals surface area contributed by atoms with E-state index in [-0.39, 0.29) is 5.41 Å². The molecule has 1 aromatic carbocycles. The van der Waals surface area contributed by atoms with Gasteiger partial charge in [0.05, 0.1) is 9.89 Å². The second kappa shape index (κ2) is 5.02. The van der Waals surface area contributed by atoms with Gasteiger partial charge in [-0.3, -0.25) is 0 Å². The highest BCUT2D eigenvalue weighted by molar-refractivity contribution is 9.11. The first-order valence-corrected chi connectivity index (χ1v) is 8.00. The number of aryl methyl sites for hydroxylation is 1. The molecule has 2 atom stereocenters. The molecular weight excluding hydrogens is 322 g/mol. The maximum Gasteiger partial charge on any atom is 0.0990 e. The maximum absolute atomic E-state index is 10.8. The second-order valence-electron chi connectivity index (χ2n) is 5.06. The highest BCUT2D eigenvalue weighted by Gasteiger charge is 2.44. The molecule has 0 radical (unpaired) electrons. The Morgan fingerprint density at radius 1 is 1.32 bits per heavy atom. The van der Waals surface area contributed by atoms with Gasteiger partial charge < -0.3 is 10.8 Å². The van der Waals surface area contributed by atoms with Crippen LogP contribution in [0.5, 0.6) is 0 Å². The number of aliphatic hydroxyl groups excluding tert-OH is 1. The molecule has 0 bridgehead atoms. The van der Waals surface area contributed by atoms with Crippen molar-refractivity contribution in [1.29, 1.82) is 0 Å². The van der Waals surface area contributed by atoms with Crippen LogP contribution in [0.2, 0.25) is 0 Å². The van der Waals surface area contributed by atoms with E-state index in [4.69, 9.17) is 5.73 Å². The highest BCUT2D eigenvalue weighted by atomic mass is 79.9. The number of rotatable bonds is 3. The summed E-state index contributed by atoms with van der Waals surface area (Å²) in [6.07, 6.45) is 1.38. The van der Waals surface area contributed by atoms with E-state index >= 15 is 0 Å². The van der Waals surface area contributed by atoms with Crippen molar-refractivity contribution in [3.63, 3.8) is 0 Å². The predicted molar refractivity (Wildman–Crippen MR) is 82.5 cm³/mol. The summed E-state index contributed by atoms with van der Waals surface area (Å²) >= 11 is 5.04. The summed E-state index contributed by atoms with van der Waals surface area (Å²) in [7, 11) is 0. The molecule has 100 valence electrons. The molecule has 3 rings (SSSR count). The Kier molecular flexibility index (Phi) is 3.52. The molecule has 1 aromatic heterocycles. The molecule has 19 heavy (non-hydrogen) atoms. The molecule has 0 aliphatic heterocycles. The van der Waals surface area contributed by atoms with Gasteiger partial charge in [-0.05, 0) is 52.0 Å². The van der Waals surface area contributed by atoms with E-state index in [9.17, 15) is 5.11 Å². The summed E-state index contributed by atoms with van der Waals surface area (Å²) in [5.41, 5.74) is 8.27. The van der Waals surface area contributed by atoms with Crippen LogP contribution < -0.4 is 5.73 Å². The standard InChI is InChI=1S/C15H16BrNOS/c16-13-6-5-12(19-13)14(18)15(9-17)8-7-10-3-1-2-4-11(10)15/h1-6,14,18H,7-9,17H2. The average Bonchev–Trinajstić information content (AvgIpc) is 3.02. The molecule has 4 heteroatoms. The van der Waals surface area contributed by atoms with E-state index in [1.54, 1.807) is 11.3 Å². The number of nitrogens with two attached hydrogens (primary N) is 1. The van der Waals surface area contributed by atoms with Crippen molar-refractivity contribution in [3.05, 3.63) is 56.2 Å². The lowest BCUT2D eigenvalue weighted by Gasteiger charge is -2.33. The van der Waals surface area contributed by atoms with Crippen LogP contribution in [0.15, 0.2) is 40.2 Å². The van der Waals surface area contributed by atoms with E-state index in [0.29, 0.717) is 6.54 Å². The Bertz CT molecular complexity index is 597. The number of halogens is 1. The van der Waals surface area contributed by atoms with Gasteiger partial charge in [0.2, 0.25) is 0 Å². The first-order chi connectivity index (χ1) is 9.17. The summed E-state index contributed by atoms with van der Waals surface area (Å²) < 4.78 is 1.04. The lowest BCUT2D eigenvalue weighted by atomic mass is 9.76. The SMILES string of the molecule is NCC1(C(O)c2ccc(Br)s2)CCc2ccccc21. The quantitative estimate of drug-likeness (QED) is 0.901. The number of hydrogen-bond donors (Lipinski definition) is 2. The van der Waals surface area contributed by atoms with Gasteiger partial charge in [0.1, 0.15) is 0 Å². The van der Waals surface area contributed by atoms with Gasteiger partial charge in [-0.15, -0.1) is 11.3 Å². The van der Waals surface area contributed by atoms with Gasteiger partial charge in [0, 0.05) is 16.8 Å². The zero-order valence-electron chi connectivity index (χ0n) is 10.5. The zero-order chi connectivity index (χ0) is 13.5. The molecule has 1 aliphatic carbocycles. The lowest BCUT2D eigenvalue weighted by molar-refractivity contribution is 0.0873. The Morgan fingerprint density at radius 3 is 2.79 bits per heavy atom. The fourth-order valence-electron chi connectivity index (χ4n) is 3.07. The zero-order valence-corrected chi connectivity index (χ0v) is 12.9. The van der Waals surface area contributed by atoms with Gasteiger partial charge in [-0.2, -0.15) is 0 Å². The minimum absolute atomic E-state index is 0.332. The van der Waals surface area contributed by atoms with Crippen LogP contribution in [0.4, 0.5) is 0 Å². The average molecular weight is 338 g/mol. The topological polar surface area (TPSA) is 46.2 Å². The number of hydrogen-bond acceptors (Lipinski definition) is 3. The van der Waals surface area contributed by atoms with Gasteiger partial charge in [0.15, 0.2) is 0 Å². The van der Waals surface area contributed by atoms with Gasteiger partial charge in [-0.25, -0.2) is 0 Å². The minimum atomic E-state index is -0.530. The van der Waals surface area contributed by atoms with E-state index < -0.39 is 6.10 Å². The number of aliphatic hydroxyl groups is 1. The van der Waals surface area contributed by atoms with Crippen molar-refractivity contribution in [2.24, 2.45) is 5.73 Å². The Labute approximate surface area is 125 Å². The third-order valence-corrected chi connectivity index (χ3v) is 5.82. The Balaban J connectivity index is 2.06. The van der Waals surface area contributed by atoms with Crippen molar-refractivity contribution < 1.29 is 5.11 Å². The number of fused-ring (bicyclic) bond motifs is 1. The molecule has 0 saturated carbocycles. The number of thiophene rings is 1. The normalized spacial score (nSPS) is 23.3. The summed E-state index contributed by atoms with van der Waals surface area (Å²) in [5.74, 6) is 0. The van der Waals surface area contributed by atoms with Crippen LogP contribution in [0.1, 0.15) is 28.5 Å². The summed E-state index contributed by atoms with van der Waals surface area (Å²) in [6, 6.07) is 12.3. The molecule has 2 nitrogen and oxygen atoms in total. The van der Waals surface area contributed by atoms with Crippen LogP contribution in [0, 0.1) is 0 Å². The van der Waals surface area contributed by atoms with E-state index in [2.05, 4.69) is 34.1 Å². The molecular formula is C15H16BrNOS. The van der Waals surface area contributed by atoms with Gasteiger partial charge in [-0.1, -0.05) is 24.3 Å². The summed E-state index contributed by atoms with van der Waals surface area (Å²) in [6.45, 7) is 0.473. The summed E-state index contributed by atoms with van der Waals surface area (Å²) in [4.78, 5) is 0.981. The first kappa shape index (κ1) is 13.3. The van der Waals surface area contributed by atoms with E-state index in [1.165, 1.54) is 11.1 Å². The van der Waals surface area contributed by atoms with Crippen LogP contribution in [-0.2, 0) is 11.8 Å². The van der Waals surface area contributed by atoms with Crippen molar-refractivity contribution in [1.82, 2.24) is 0 Å². The fraction of sp³-hybridized carbons (Fsp3) is 0.333. The van der Waals surface area contributed by atoms with Crippen LogP contribution in [0.3, 0.4) is 0 Å².